The Bertz CT molecular complexity index is 1180. The summed E-state index contributed by atoms with van der Waals surface area (Å²) in [5.41, 5.74) is 0.871. The third-order valence-corrected chi connectivity index (χ3v) is 4.03. The zero-order valence-electron chi connectivity index (χ0n) is 14.2. The van der Waals surface area contributed by atoms with Crippen LogP contribution in [-0.2, 0) is 6.54 Å². The van der Waals surface area contributed by atoms with Crippen LogP contribution in [0, 0.1) is 5.82 Å². The molecule has 27 heavy (non-hydrogen) atoms. The fourth-order valence-electron chi connectivity index (χ4n) is 2.67. The largest absolute Gasteiger partial charge is 0.337 e. The van der Waals surface area contributed by atoms with E-state index in [1.54, 1.807) is 36.3 Å². The fourth-order valence-corrected chi connectivity index (χ4v) is 2.67. The lowest BCUT2D eigenvalue weighted by atomic mass is 10.2. The Kier molecular flexibility index (Phi) is 3.99. The van der Waals surface area contributed by atoms with Crippen molar-refractivity contribution in [3.63, 3.8) is 0 Å². The number of nitrogens with zero attached hydrogens (tertiary/aromatic N) is 6. The summed E-state index contributed by atoms with van der Waals surface area (Å²) in [7, 11) is 1.58. The number of aromatic nitrogens is 6. The Morgan fingerprint density at radius 3 is 2.78 bits per heavy atom. The van der Waals surface area contributed by atoms with Gasteiger partial charge in [-0.3, -0.25) is 14.7 Å². The van der Waals surface area contributed by atoms with E-state index >= 15 is 0 Å². The van der Waals surface area contributed by atoms with Gasteiger partial charge in [0, 0.05) is 31.5 Å². The molecule has 3 heterocycles. The molecule has 3 aromatic heterocycles. The molecule has 0 aliphatic rings. The van der Waals surface area contributed by atoms with Gasteiger partial charge in [0.1, 0.15) is 17.7 Å². The molecule has 10 heteroatoms. The van der Waals surface area contributed by atoms with E-state index in [1.165, 1.54) is 29.6 Å². The summed E-state index contributed by atoms with van der Waals surface area (Å²) in [6.45, 7) is 0.241. The van der Waals surface area contributed by atoms with E-state index < -0.39 is 11.5 Å². The Morgan fingerprint density at radius 2 is 2.00 bits per heavy atom. The predicted octanol–water partition coefficient (Wildman–Crippen LogP) is 1.01. The number of nitrogens with one attached hydrogen (secondary N) is 1. The number of amides is 1. The topological polar surface area (TPSA) is 101 Å². The molecule has 0 fully saturated rings. The van der Waals surface area contributed by atoms with Crippen molar-refractivity contribution in [3.05, 3.63) is 76.5 Å². The van der Waals surface area contributed by atoms with Gasteiger partial charge in [0.2, 0.25) is 0 Å². The first kappa shape index (κ1) is 16.6. The van der Waals surface area contributed by atoms with Crippen LogP contribution in [0.4, 0.5) is 4.39 Å². The van der Waals surface area contributed by atoms with Gasteiger partial charge in [0.05, 0.1) is 11.9 Å². The van der Waals surface area contributed by atoms with Crippen molar-refractivity contribution in [2.45, 2.75) is 6.54 Å². The first-order valence-electron chi connectivity index (χ1n) is 7.99. The van der Waals surface area contributed by atoms with E-state index in [1.807, 2.05) is 0 Å². The lowest BCUT2D eigenvalue weighted by Gasteiger charge is -2.15. The summed E-state index contributed by atoms with van der Waals surface area (Å²) in [6, 6.07) is 5.90. The maximum atomic E-state index is 13.0. The minimum absolute atomic E-state index is 0.0647. The average molecular weight is 367 g/mol. The lowest BCUT2D eigenvalue weighted by molar-refractivity contribution is 0.0782. The van der Waals surface area contributed by atoms with Crippen LogP contribution in [0.1, 0.15) is 15.9 Å². The van der Waals surface area contributed by atoms with Crippen LogP contribution in [0.3, 0.4) is 0 Å². The molecule has 136 valence electrons. The second-order valence-electron chi connectivity index (χ2n) is 5.93. The van der Waals surface area contributed by atoms with Gasteiger partial charge in [-0.25, -0.2) is 19.0 Å². The van der Waals surface area contributed by atoms with E-state index in [4.69, 9.17) is 0 Å². The summed E-state index contributed by atoms with van der Waals surface area (Å²) in [5.74, 6) is -0.601. The van der Waals surface area contributed by atoms with Crippen LogP contribution < -0.4 is 5.56 Å². The van der Waals surface area contributed by atoms with Crippen LogP contribution in [0.2, 0.25) is 0 Å². The van der Waals surface area contributed by atoms with E-state index in [0.717, 1.165) is 10.1 Å². The summed E-state index contributed by atoms with van der Waals surface area (Å²) < 4.78 is 15.7. The van der Waals surface area contributed by atoms with E-state index in [0.29, 0.717) is 5.69 Å². The molecule has 0 atom stereocenters. The van der Waals surface area contributed by atoms with Crippen LogP contribution in [-0.4, -0.2) is 47.2 Å². The predicted molar refractivity (Wildman–Crippen MR) is 92.9 cm³/mol. The van der Waals surface area contributed by atoms with Gasteiger partial charge in [-0.2, -0.15) is 9.61 Å². The first-order chi connectivity index (χ1) is 13.0. The Morgan fingerprint density at radius 1 is 1.22 bits per heavy atom. The SMILES string of the molecule is CN(Cc1cnn(-c2ccc(F)cc2)c1)C(=O)c1cnc2nc[nH]n2c1=O. The van der Waals surface area contributed by atoms with Gasteiger partial charge in [-0.05, 0) is 24.3 Å². The number of benzene rings is 1. The minimum atomic E-state index is -0.517. The molecule has 0 saturated heterocycles. The molecule has 0 radical (unpaired) electrons. The molecule has 0 spiro atoms. The van der Waals surface area contributed by atoms with Gasteiger partial charge < -0.3 is 4.90 Å². The number of halogens is 1. The third-order valence-electron chi connectivity index (χ3n) is 4.03. The number of H-pyrrole nitrogens is 1. The number of hydrogen-bond donors (Lipinski definition) is 1. The summed E-state index contributed by atoms with van der Waals surface area (Å²) in [6.07, 6.45) is 5.89. The van der Waals surface area contributed by atoms with E-state index in [-0.39, 0.29) is 23.7 Å². The van der Waals surface area contributed by atoms with Crippen LogP contribution in [0.5, 0.6) is 0 Å². The van der Waals surface area contributed by atoms with Crippen LogP contribution in [0.15, 0.2) is 54.0 Å². The van der Waals surface area contributed by atoms with Crippen molar-refractivity contribution in [1.82, 2.24) is 34.3 Å². The molecule has 1 aromatic carbocycles. The second-order valence-corrected chi connectivity index (χ2v) is 5.93. The average Bonchev–Trinajstić information content (AvgIpc) is 3.32. The highest BCUT2D eigenvalue weighted by Crippen LogP contribution is 2.11. The molecule has 4 aromatic rings. The highest BCUT2D eigenvalue weighted by molar-refractivity contribution is 5.93. The molecular weight excluding hydrogens is 353 g/mol. The smallest absolute Gasteiger partial charge is 0.286 e. The quantitative estimate of drug-likeness (QED) is 0.580. The van der Waals surface area contributed by atoms with Crippen LogP contribution >= 0.6 is 0 Å². The highest BCUT2D eigenvalue weighted by atomic mass is 19.1. The van der Waals surface area contributed by atoms with E-state index in [2.05, 4.69) is 20.2 Å². The summed E-state index contributed by atoms with van der Waals surface area (Å²) in [4.78, 5) is 34.2. The minimum Gasteiger partial charge on any atom is -0.337 e. The van der Waals surface area contributed by atoms with Crippen molar-refractivity contribution in [2.75, 3.05) is 7.05 Å². The number of fused-ring (bicyclic) bond motifs is 1. The fraction of sp³-hybridized carbons (Fsp3) is 0.118. The molecule has 9 nitrogen and oxygen atoms in total. The second kappa shape index (κ2) is 6.48. The monoisotopic (exact) mass is 367 g/mol. The van der Waals surface area contributed by atoms with Crippen molar-refractivity contribution in [1.29, 1.82) is 0 Å². The number of carbonyl (C=O) groups is 1. The maximum absolute atomic E-state index is 13.0. The zero-order chi connectivity index (χ0) is 19.0. The van der Waals surface area contributed by atoms with Gasteiger partial charge >= 0.3 is 0 Å². The van der Waals surface area contributed by atoms with Crippen molar-refractivity contribution in [2.24, 2.45) is 0 Å². The first-order valence-corrected chi connectivity index (χ1v) is 7.99. The molecule has 1 N–H and O–H groups in total. The van der Waals surface area contributed by atoms with Crippen molar-refractivity contribution in [3.8, 4) is 5.69 Å². The van der Waals surface area contributed by atoms with Gasteiger partial charge in [0.25, 0.3) is 17.2 Å². The zero-order valence-corrected chi connectivity index (χ0v) is 14.2. The Hall–Kier alpha value is -3.82. The number of carbonyl (C=O) groups excluding carboxylic acids is 1. The maximum Gasteiger partial charge on any atom is 0.286 e. The lowest BCUT2D eigenvalue weighted by Crippen LogP contribution is -2.33. The normalized spacial score (nSPS) is 11.0. The van der Waals surface area contributed by atoms with Crippen molar-refractivity contribution < 1.29 is 9.18 Å². The number of hydrogen-bond acceptors (Lipinski definition) is 5. The molecule has 1 amide bonds. The molecule has 0 bridgehead atoms. The van der Waals surface area contributed by atoms with Crippen LogP contribution in [0.25, 0.3) is 11.5 Å². The Balaban J connectivity index is 1.54. The highest BCUT2D eigenvalue weighted by Gasteiger charge is 2.19. The summed E-state index contributed by atoms with van der Waals surface area (Å²) in [5, 5.41) is 6.83. The number of aromatic amines is 1. The molecule has 4 rings (SSSR count). The van der Waals surface area contributed by atoms with Gasteiger partial charge in [0.15, 0.2) is 0 Å². The van der Waals surface area contributed by atoms with Crippen molar-refractivity contribution >= 4 is 11.7 Å². The molecule has 0 aliphatic carbocycles. The summed E-state index contributed by atoms with van der Waals surface area (Å²) >= 11 is 0. The Labute approximate surface area is 151 Å². The molecule has 0 unspecified atom stereocenters. The van der Waals surface area contributed by atoms with Gasteiger partial charge in [-0.1, -0.05) is 0 Å². The third kappa shape index (κ3) is 3.08. The molecule has 0 saturated carbocycles. The number of rotatable bonds is 4. The molecular formula is C17H14FN7O2. The molecule has 0 aliphatic heterocycles. The van der Waals surface area contributed by atoms with Gasteiger partial charge in [-0.15, -0.1) is 0 Å². The van der Waals surface area contributed by atoms with E-state index in [9.17, 15) is 14.0 Å². The standard InChI is InChI=1S/C17H14FN7O2/c1-23(15(26)14-7-19-17-20-10-22-25(17)16(14)27)8-11-6-21-24(9-11)13-4-2-12(18)3-5-13/h2-7,9-10H,8H2,1H3,(H,19,20,22).